The van der Waals surface area contributed by atoms with E-state index >= 15 is 0 Å². The van der Waals surface area contributed by atoms with Crippen LogP contribution >= 0.6 is 0 Å². The highest BCUT2D eigenvalue weighted by molar-refractivity contribution is 6.46. The molecule has 0 saturated carbocycles. The summed E-state index contributed by atoms with van der Waals surface area (Å²) in [5.74, 6) is -1.40. The minimum Gasteiger partial charge on any atom is -0.507 e. The number of aliphatic hydroxyl groups excluding tert-OH is 1. The quantitative estimate of drug-likeness (QED) is 0.170. The zero-order valence-corrected chi connectivity index (χ0v) is 17.4. The number of aliphatic hydroxyl groups is 1. The van der Waals surface area contributed by atoms with Gasteiger partial charge in [0.1, 0.15) is 11.5 Å². The van der Waals surface area contributed by atoms with Gasteiger partial charge in [-0.2, -0.15) is 0 Å². The number of amides is 1. The second-order valence-electron chi connectivity index (χ2n) is 7.28. The second kappa shape index (κ2) is 9.42. The zero-order valence-electron chi connectivity index (χ0n) is 17.4. The van der Waals surface area contributed by atoms with Crippen LogP contribution in [0.25, 0.3) is 5.76 Å². The van der Waals surface area contributed by atoms with Crippen molar-refractivity contribution in [1.29, 1.82) is 0 Å². The van der Waals surface area contributed by atoms with Crippen LogP contribution in [-0.4, -0.2) is 40.3 Å². The standard InChI is InChI=1S/C23H24N2O6/c1-3-4-5-12-24-20(15-8-7-11-18(14-15)31-2)19(22(27)23(24)28)21(26)16-9-6-10-17(13-16)25(29)30/h6-11,13-14,20,26H,3-5,12H2,1-2H3/b21-19-. The fourth-order valence-corrected chi connectivity index (χ4v) is 3.72. The van der Waals surface area contributed by atoms with Crippen LogP contribution < -0.4 is 4.74 Å². The molecule has 31 heavy (non-hydrogen) atoms. The number of carbonyl (C=O) groups is 2. The SMILES string of the molecule is CCCCCN1C(=O)C(=O)/C(=C(\O)c2cccc([N+](=O)[O-])c2)C1c1cccc(OC)c1. The highest BCUT2D eigenvalue weighted by atomic mass is 16.6. The Hall–Kier alpha value is -3.68. The van der Waals surface area contributed by atoms with Crippen molar-refractivity contribution in [3.05, 3.63) is 75.3 Å². The average Bonchev–Trinajstić information content (AvgIpc) is 3.04. The van der Waals surface area contributed by atoms with E-state index in [2.05, 4.69) is 0 Å². The molecule has 1 atom stereocenters. The maximum Gasteiger partial charge on any atom is 0.295 e. The van der Waals surface area contributed by atoms with Gasteiger partial charge in [-0.3, -0.25) is 19.7 Å². The van der Waals surface area contributed by atoms with Crippen LogP contribution in [0.5, 0.6) is 5.75 Å². The number of likely N-dealkylation sites (tertiary alicyclic amines) is 1. The molecule has 8 nitrogen and oxygen atoms in total. The van der Waals surface area contributed by atoms with Crippen molar-refractivity contribution in [2.45, 2.75) is 32.2 Å². The van der Waals surface area contributed by atoms with Gasteiger partial charge in [-0.1, -0.05) is 44.0 Å². The number of ketones is 1. The number of ether oxygens (including phenoxy) is 1. The Morgan fingerprint density at radius 1 is 1.16 bits per heavy atom. The molecular weight excluding hydrogens is 400 g/mol. The fourth-order valence-electron chi connectivity index (χ4n) is 3.72. The minimum absolute atomic E-state index is 0.0877. The van der Waals surface area contributed by atoms with Gasteiger partial charge < -0.3 is 14.7 Å². The van der Waals surface area contributed by atoms with Crippen molar-refractivity contribution < 1.29 is 24.4 Å². The average molecular weight is 424 g/mol. The van der Waals surface area contributed by atoms with Crippen molar-refractivity contribution in [1.82, 2.24) is 4.90 Å². The largest absolute Gasteiger partial charge is 0.507 e. The van der Waals surface area contributed by atoms with Crippen molar-refractivity contribution in [3.63, 3.8) is 0 Å². The first-order valence-corrected chi connectivity index (χ1v) is 10.1. The summed E-state index contributed by atoms with van der Waals surface area (Å²) in [6.07, 6.45) is 2.54. The number of methoxy groups -OCH3 is 1. The molecule has 0 bridgehead atoms. The number of Topliss-reactive ketones (excluding diaryl/α,β-unsaturated/α-hetero) is 1. The fraction of sp³-hybridized carbons (Fsp3) is 0.304. The summed E-state index contributed by atoms with van der Waals surface area (Å²) in [7, 11) is 1.51. The first-order valence-electron chi connectivity index (χ1n) is 10.1. The van der Waals surface area contributed by atoms with Crippen molar-refractivity contribution in [3.8, 4) is 5.75 Å². The monoisotopic (exact) mass is 424 g/mol. The smallest absolute Gasteiger partial charge is 0.295 e. The first kappa shape index (κ1) is 22.0. The van der Waals surface area contributed by atoms with E-state index < -0.39 is 28.4 Å². The summed E-state index contributed by atoms with van der Waals surface area (Å²) in [4.78, 5) is 37.8. The number of nitro benzene ring substituents is 1. The van der Waals surface area contributed by atoms with Gasteiger partial charge in [-0.15, -0.1) is 0 Å². The molecule has 0 radical (unpaired) electrons. The van der Waals surface area contributed by atoms with Gasteiger partial charge in [0.05, 0.1) is 23.6 Å². The lowest BCUT2D eigenvalue weighted by Gasteiger charge is -2.25. The molecule has 8 heteroatoms. The number of hydrogen-bond acceptors (Lipinski definition) is 6. The maximum atomic E-state index is 12.9. The van der Waals surface area contributed by atoms with Crippen molar-refractivity contribution in [2.24, 2.45) is 0 Å². The molecule has 162 valence electrons. The highest BCUT2D eigenvalue weighted by Crippen LogP contribution is 2.40. The summed E-state index contributed by atoms with van der Waals surface area (Å²) < 4.78 is 5.28. The third-order valence-electron chi connectivity index (χ3n) is 5.28. The van der Waals surface area contributed by atoms with E-state index in [0.717, 1.165) is 12.8 Å². The maximum absolute atomic E-state index is 12.9. The van der Waals surface area contributed by atoms with Crippen LogP contribution in [0.1, 0.15) is 43.4 Å². The summed E-state index contributed by atoms with van der Waals surface area (Å²) in [5, 5.41) is 22.1. The van der Waals surface area contributed by atoms with Gasteiger partial charge in [0.15, 0.2) is 0 Å². The summed E-state index contributed by atoms with van der Waals surface area (Å²) in [5.41, 5.74) is 0.407. The lowest BCUT2D eigenvalue weighted by atomic mass is 9.95. The molecule has 0 aliphatic carbocycles. The third-order valence-corrected chi connectivity index (χ3v) is 5.28. The molecule has 2 aromatic carbocycles. The molecule has 3 rings (SSSR count). The van der Waals surface area contributed by atoms with Crippen LogP contribution in [0.4, 0.5) is 5.69 Å². The summed E-state index contributed by atoms with van der Waals surface area (Å²) in [6.45, 7) is 2.39. The molecule has 0 spiro atoms. The normalized spacial score (nSPS) is 17.7. The number of unbranched alkanes of at least 4 members (excludes halogenated alkanes) is 2. The van der Waals surface area contributed by atoms with Gasteiger partial charge in [0, 0.05) is 24.2 Å². The molecule has 1 fully saturated rings. The highest BCUT2D eigenvalue weighted by Gasteiger charge is 2.45. The van der Waals surface area contributed by atoms with E-state index in [1.54, 1.807) is 24.3 Å². The first-order chi connectivity index (χ1) is 14.9. The Morgan fingerprint density at radius 3 is 2.58 bits per heavy atom. The Morgan fingerprint density at radius 2 is 1.90 bits per heavy atom. The van der Waals surface area contributed by atoms with E-state index in [1.165, 1.54) is 36.3 Å². The van der Waals surface area contributed by atoms with E-state index in [4.69, 9.17) is 4.74 Å². The molecule has 1 N–H and O–H groups in total. The van der Waals surface area contributed by atoms with Crippen LogP contribution in [0.3, 0.4) is 0 Å². The van der Waals surface area contributed by atoms with Crippen LogP contribution in [-0.2, 0) is 9.59 Å². The molecule has 1 heterocycles. The Balaban J connectivity index is 2.16. The van der Waals surface area contributed by atoms with Crippen LogP contribution in [0.2, 0.25) is 0 Å². The number of nitrogens with zero attached hydrogens (tertiary/aromatic N) is 2. The minimum atomic E-state index is -0.814. The van der Waals surface area contributed by atoms with Gasteiger partial charge in [-0.05, 0) is 24.1 Å². The van der Waals surface area contributed by atoms with E-state index in [9.17, 15) is 24.8 Å². The van der Waals surface area contributed by atoms with Gasteiger partial charge >= 0.3 is 0 Å². The van der Waals surface area contributed by atoms with Gasteiger partial charge in [-0.25, -0.2) is 0 Å². The number of rotatable bonds is 8. The number of non-ortho nitro benzene ring substituents is 1. The van der Waals surface area contributed by atoms with Gasteiger partial charge in [0.2, 0.25) is 0 Å². The Bertz CT molecular complexity index is 1050. The van der Waals surface area contributed by atoms with E-state index in [1.807, 2.05) is 6.92 Å². The molecule has 1 saturated heterocycles. The number of carbonyl (C=O) groups excluding carboxylic acids is 2. The predicted molar refractivity (Wildman–Crippen MR) is 115 cm³/mol. The lowest BCUT2D eigenvalue weighted by Crippen LogP contribution is -2.30. The summed E-state index contributed by atoms with van der Waals surface area (Å²) in [6, 6.07) is 11.5. The van der Waals surface area contributed by atoms with Crippen LogP contribution in [0.15, 0.2) is 54.1 Å². The Labute approximate surface area is 179 Å². The van der Waals surface area contributed by atoms with E-state index in [0.29, 0.717) is 24.3 Å². The molecule has 0 aromatic heterocycles. The van der Waals surface area contributed by atoms with Crippen molar-refractivity contribution >= 4 is 23.1 Å². The molecule has 1 amide bonds. The molecule has 1 aliphatic heterocycles. The van der Waals surface area contributed by atoms with Crippen LogP contribution in [0, 0.1) is 10.1 Å². The molecule has 1 unspecified atom stereocenters. The molecule has 2 aromatic rings. The number of benzene rings is 2. The van der Waals surface area contributed by atoms with Crippen molar-refractivity contribution in [2.75, 3.05) is 13.7 Å². The predicted octanol–water partition coefficient (Wildman–Crippen LogP) is 4.22. The third kappa shape index (κ3) is 4.42. The number of hydrogen-bond donors (Lipinski definition) is 1. The zero-order chi connectivity index (χ0) is 22.5. The van der Waals surface area contributed by atoms with Gasteiger partial charge in [0.25, 0.3) is 17.4 Å². The molecular formula is C23H24N2O6. The molecule has 1 aliphatic rings. The van der Waals surface area contributed by atoms with E-state index in [-0.39, 0.29) is 16.8 Å². The summed E-state index contributed by atoms with van der Waals surface area (Å²) >= 11 is 0. The number of nitro groups is 1. The lowest BCUT2D eigenvalue weighted by molar-refractivity contribution is -0.384. The Kier molecular flexibility index (Phi) is 6.69. The second-order valence-corrected chi connectivity index (χ2v) is 7.28. The topological polar surface area (TPSA) is 110 Å².